The molecule has 0 saturated carbocycles. The first-order chi connectivity index (χ1) is 4.89. The van der Waals surface area contributed by atoms with E-state index in [0.29, 0.717) is 0 Å². The van der Waals surface area contributed by atoms with Gasteiger partial charge >= 0.3 is 0 Å². The van der Waals surface area contributed by atoms with Crippen molar-refractivity contribution in [2.75, 3.05) is 0 Å². The molecule has 1 N–H and O–H groups in total. The quantitative estimate of drug-likeness (QED) is 0.395. The third-order valence-electron chi connectivity index (χ3n) is 1.50. The fourth-order valence-electron chi connectivity index (χ4n) is 0.938. The van der Waals surface area contributed by atoms with Gasteiger partial charge in [-0.2, -0.15) is 0 Å². The van der Waals surface area contributed by atoms with Crippen LogP contribution in [0.1, 0.15) is 25.7 Å². The van der Waals surface area contributed by atoms with E-state index in [9.17, 15) is 0 Å². The Kier molecular flexibility index (Phi) is 3.05. The first kappa shape index (κ1) is 7.37. The lowest BCUT2D eigenvalue weighted by Gasteiger charge is -1.98. The summed E-state index contributed by atoms with van der Waals surface area (Å²) in [6, 6.07) is 0. The van der Waals surface area contributed by atoms with Crippen LogP contribution in [0.4, 0.5) is 0 Å². The molecule has 1 atom stereocenters. The fraction of sp³-hybridized carbons (Fsp3) is 0.556. The SMILES string of the molecule is OC1C#CC/C=C\CCC1. The monoisotopic (exact) mass is 136 g/mol. The second-order valence-electron chi connectivity index (χ2n) is 2.44. The Morgan fingerprint density at radius 2 is 2.30 bits per heavy atom. The summed E-state index contributed by atoms with van der Waals surface area (Å²) in [5, 5.41) is 9.14. The molecule has 1 aliphatic rings. The van der Waals surface area contributed by atoms with E-state index in [4.69, 9.17) is 5.11 Å². The second kappa shape index (κ2) is 4.14. The van der Waals surface area contributed by atoms with Crippen molar-refractivity contribution < 1.29 is 5.11 Å². The molecule has 0 aromatic carbocycles. The molecule has 0 saturated heterocycles. The van der Waals surface area contributed by atoms with Crippen LogP contribution in [-0.2, 0) is 0 Å². The van der Waals surface area contributed by atoms with Gasteiger partial charge in [0.1, 0.15) is 6.10 Å². The zero-order chi connectivity index (χ0) is 7.23. The topological polar surface area (TPSA) is 20.2 Å². The molecule has 10 heavy (non-hydrogen) atoms. The zero-order valence-corrected chi connectivity index (χ0v) is 6.01. The van der Waals surface area contributed by atoms with Gasteiger partial charge in [-0.05, 0) is 19.3 Å². The van der Waals surface area contributed by atoms with Gasteiger partial charge in [-0.1, -0.05) is 24.0 Å². The van der Waals surface area contributed by atoms with Crippen molar-refractivity contribution in [3.05, 3.63) is 12.2 Å². The van der Waals surface area contributed by atoms with Crippen LogP contribution in [0, 0.1) is 11.8 Å². The second-order valence-corrected chi connectivity index (χ2v) is 2.44. The number of hydrogen-bond acceptors (Lipinski definition) is 1. The van der Waals surface area contributed by atoms with Gasteiger partial charge in [0.15, 0.2) is 0 Å². The third-order valence-corrected chi connectivity index (χ3v) is 1.50. The van der Waals surface area contributed by atoms with E-state index in [1.165, 1.54) is 0 Å². The fourth-order valence-corrected chi connectivity index (χ4v) is 0.938. The Morgan fingerprint density at radius 3 is 3.20 bits per heavy atom. The van der Waals surface area contributed by atoms with Gasteiger partial charge in [0.25, 0.3) is 0 Å². The molecule has 0 bridgehead atoms. The Morgan fingerprint density at radius 1 is 1.40 bits per heavy atom. The summed E-state index contributed by atoms with van der Waals surface area (Å²) in [6.07, 6.45) is 7.53. The van der Waals surface area contributed by atoms with Crippen molar-refractivity contribution >= 4 is 0 Å². The van der Waals surface area contributed by atoms with Crippen LogP contribution in [0.3, 0.4) is 0 Å². The van der Waals surface area contributed by atoms with Crippen LogP contribution in [0.2, 0.25) is 0 Å². The molecule has 0 radical (unpaired) electrons. The summed E-state index contributed by atoms with van der Waals surface area (Å²) >= 11 is 0. The predicted octanol–water partition coefficient (Wildman–Crippen LogP) is 1.48. The van der Waals surface area contributed by atoms with Gasteiger partial charge in [0, 0.05) is 6.42 Å². The highest BCUT2D eigenvalue weighted by Gasteiger charge is 1.97. The van der Waals surface area contributed by atoms with Crippen LogP contribution < -0.4 is 0 Å². The summed E-state index contributed by atoms with van der Waals surface area (Å²) in [5.41, 5.74) is 0. The van der Waals surface area contributed by atoms with Gasteiger partial charge in [0.05, 0.1) is 0 Å². The van der Waals surface area contributed by atoms with Crippen molar-refractivity contribution in [2.24, 2.45) is 0 Å². The third kappa shape index (κ3) is 2.70. The predicted molar refractivity (Wildman–Crippen MR) is 41.4 cm³/mol. The normalized spacial score (nSPS) is 28.7. The van der Waals surface area contributed by atoms with Gasteiger partial charge < -0.3 is 5.11 Å². The maximum Gasteiger partial charge on any atom is 0.114 e. The molecule has 0 aromatic rings. The minimum absolute atomic E-state index is 0.389. The Bertz CT molecular complexity index is 171. The summed E-state index contributed by atoms with van der Waals surface area (Å²) in [7, 11) is 0. The van der Waals surface area contributed by atoms with Gasteiger partial charge in [-0.3, -0.25) is 0 Å². The lowest BCUT2D eigenvalue weighted by Crippen LogP contribution is -2.01. The first-order valence-electron chi connectivity index (χ1n) is 3.71. The molecule has 0 fully saturated rings. The molecule has 0 aliphatic heterocycles. The van der Waals surface area contributed by atoms with E-state index < -0.39 is 0 Å². The Labute approximate surface area is 61.8 Å². The molecule has 1 aliphatic carbocycles. The number of aliphatic hydroxyl groups is 1. The number of rotatable bonds is 0. The minimum Gasteiger partial charge on any atom is -0.380 e. The largest absolute Gasteiger partial charge is 0.380 e. The van der Waals surface area contributed by atoms with Crippen molar-refractivity contribution in [3.63, 3.8) is 0 Å². The van der Waals surface area contributed by atoms with Crippen LogP contribution in [0.15, 0.2) is 12.2 Å². The van der Waals surface area contributed by atoms with E-state index in [-0.39, 0.29) is 6.10 Å². The Balaban J connectivity index is 2.45. The van der Waals surface area contributed by atoms with E-state index in [1.54, 1.807) is 0 Å². The molecule has 1 nitrogen and oxygen atoms in total. The van der Waals surface area contributed by atoms with Gasteiger partial charge in [0.2, 0.25) is 0 Å². The van der Waals surface area contributed by atoms with E-state index in [2.05, 4.69) is 24.0 Å². The molecule has 1 rings (SSSR count). The van der Waals surface area contributed by atoms with Crippen LogP contribution >= 0.6 is 0 Å². The van der Waals surface area contributed by atoms with Crippen LogP contribution in [0.5, 0.6) is 0 Å². The average Bonchev–Trinajstić information content (AvgIpc) is 2.02. The van der Waals surface area contributed by atoms with E-state index in [0.717, 1.165) is 25.7 Å². The minimum atomic E-state index is -0.389. The number of allylic oxidation sites excluding steroid dienone is 2. The summed E-state index contributed by atoms with van der Waals surface area (Å²) in [6.45, 7) is 0. The summed E-state index contributed by atoms with van der Waals surface area (Å²) in [4.78, 5) is 0. The lowest BCUT2D eigenvalue weighted by atomic mass is 10.1. The first-order valence-corrected chi connectivity index (χ1v) is 3.71. The molecular weight excluding hydrogens is 124 g/mol. The van der Waals surface area contributed by atoms with E-state index >= 15 is 0 Å². The standard InChI is InChI=1S/C9H12O/c10-9-7-5-3-1-2-4-6-8-9/h1-2,9-10H,3-5,7H2/b2-1-. The molecule has 0 aromatic heterocycles. The van der Waals surface area contributed by atoms with Crippen molar-refractivity contribution in [1.29, 1.82) is 0 Å². The zero-order valence-electron chi connectivity index (χ0n) is 6.01. The molecule has 0 amide bonds. The van der Waals surface area contributed by atoms with Gasteiger partial charge in [-0.25, -0.2) is 0 Å². The highest BCUT2D eigenvalue weighted by Crippen LogP contribution is 2.03. The smallest absolute Gasteiger partial charge is 0.114 e. The van der Waals surface area contributed by atoms with Crippen molar-refractivity contribution in [3.8, 4) is 11.8 Å². The average molecular weight is 136 g/mol. The van der Waals surface area contributed by atoms with Gasteiger partial charge in [-0.15, -0.1) is 0 Å². The van der Waals surface area contributed by atoms with Crippen LogP contribution in [-0.4, -0.2) is 11.2 Å². The van der Waals surface area contributed by atoms with Crippen molar-refractivity contribution in [2.45, 2.75) is 31.8 Å². The Hall–Kier alpha value is -0.740. The molecule has 1 unspecified atom stereocenters. The molecule has 1 heteroatoms. The number of hydrogen-bond donors (Lipinski definition) is 1. The van der Waals surface area contributed by atoms with Crippen LogP contribution in [0.25, 0.3) is 0 Å². The maximum absolute atomic E-state index is 9.14. The molecule has 54 valence electrons. The highest BCUT2D eigenvalue weighted by atomic mass is 16.3. The molecule has 0 heterocycles. The summed E-state index contributed by atoms with van der Waals surface area (Å²) < 4.78 is 0. The highest BCUT2D eigenvalue weighted by molar-refractivity contribution is 5.09. The van der Waals surface area contributed by atoms with Crippen molar-refractivity contribution in [1.82, 2.24) is 0 Å². The maximum atomic E-state index is 9.14. The number of aliphatic hydroxyl groups excluding tert-OH is 1. The lowest BCUT2D eigenvalue weighted by molar-refractivity contribution is 0.219. The molecule has 0 spiro atoms. The summed E-state index contributed by atoms with van der Waals surface area (Å²) in [5.74, 6) is 5.67. The molecular formula is C9H12O. The van der Waals surface area contributed by atoms with E-state index in [1.807, 2.05) is 0 Å².